The highest BCUT2D eigenvalue weighted by Gasteiger charge is 2.00. The molecule has 1 nitrogen and oxygen atoms in total. The van der Waals surface area contributed by atoms with Crippen molar-refractivity contribution in [3.05, 3.63) is 20.2 Å². The Labute approximate surface area is 78.9 Å². The molecule has 11 heavy (non-hydrogen) atoms. The van der Waals surface area contributed by atoms with Crippen LogP contribution in [0.25, 0.3) is 12.2 Å². The van der Waals surface area contributed by atoms with Gasteiger partial charge in [-0.05, 0) is 29.8 Å². The molecule has 1 rings (SSSR count). The number of aromatic nitrogens is 1. The van der Waals surface area contributed by atoms with E-state index in [9.17, 15) is 0 Å². The lowest BCUT2D eigenvalue weighted by molar-refractivity contribution is 1.27. The molecule has 3 heteroatoms. The Morgan fingerprint density at radius 1 is 1.36 bits per heavy atom. The lowest BCUT2D eigenvalue weighted by Gasteiger charge is -1.79. The third kappa shape index (κ3) is 1.52. The van der Waals surface area contributed by atoms with Crippen LogP contribution in [0.15, 0.2) is 4.60 Å². The quantitative estimate of drug-likeness (QED) is 0.707. The van der Waals surface area contributed by atoms with Crippen LogP contribution in [-0.2, 0) is 0 Å². The van der Waals surface area contributed by atoms with E-state index in [1.54, 1.807) is 0 Å². The van der Waals surface area contributed by atoms with Gasteiger partial charge in [0.05, 0.1) is 5.02 Å². The van der Waals surface area contributed by atoms with Crippen LogP contribution in [0, 0.1) is 0 Å². The minimum Gasteiger partial charge on any atom is -0.348 e. The summed E-state index contributed by atoms with van der Waals surface area (Å²) in [6.07, 6.45) is 3.98. The predicted molar refractivity (Wildman–Crippen MR) is 53.0 cm³/mol. The molecular weight excluding hydrogens is 225 g/mol. The molecule has 0 aliphatic carbocycles. The van der Waals surface area contributed by atoms with Crippen molar-refractivity contribution in [1.82, 2.24) is 4.98 Å². The normalized spacial score (nSPS) is 14.5. The van der Waals surface area contributed by atoms with Gasteiger partial charge in [-0.3, -0.25) is 0 Å². The fraction of sp³-hybridized carbons (Fsp3) is 0.250. The van der Waals surface area contributed by atoms with E-state index in [0.717, 1.165) is 20.2 Å². The van der Waals surface area contributed by atoms with E-state index in [4.69, 9.17) is 11.6 Å². The first-order valence-corrected chi connectivity index (χ1v) is 4.53. The highest BCUT2D eigenvalue weighted by Crippen LogP contribution is 2.12. The van der Waals surface area contributed by atoms with Crippen LogP contribution < -0.4 is 10.6 Å². The maximum absolute atomic E-state index is 5.96. The molecule has 1 aromatic heterocycles. The van der Waals surface area contributed by atoms with Crippen molar-refractivity contribution in [1.29, 1.82) is 0 Å². The number of hydrogen-bond donors (Lipinski definition) is 1. The van der Waals surface area contributed by atoms with Crippen LogP contribution in [0.1, 0.15) is 13.8 Å². The summed E-state index contributed by atoms with van der Waals surface area (Å²) in [5.41, 5.74) is 0. The second-order valence-electron chi connectivity index (χ2n) is 2.16. The fourth-order valence-electron chi connectivity index (χ4n) is 0.987. The van der Waals surface area contributed by atoms with Gasteiger partial charge >= 0.3 is 0 Å². The number of halogens is 2. The van der Waals surface area contributed by atoms with Crippen LogP contribution in [0.3, 0.4) is 0 Å². The molecule has 0 aliphatic heterocycles. The van der Waals surface area contributed by atoms with E-state index >= 15 is 0 Å². The van der Waals surface area contributed by atoms with Gasteiger partial charge in [0, 0.05) is 10.6 Å². The number of nitrogens with one attached hydrogen (secondary N) is 1. The summed E-state index contributed by atoms with van der Waals surface area (Å²) >= 11 is 9.28. The maximum Gasteiger partial charge on any atom is 0.102 e. The molecule has 1 aromatic rings. The van der Waals surface area contributed by atoms with Crippen LogP contribution in [0.5, 0.6) is 0 Å². The molecule has 0 atom stereocenters. The van der Waals surface area contributed by atoms with Crippen LogP contribution in [0.4, 0.5) is 0 Å². The molecule has 60 valence electrons. The molecule has 0 unspecified atom stereocenters. The Hall–Kier alpha value is -0.210. The van der Waals surface area contributed by atoms with E-state index in [0.29, 0.717) is 0 Å². The summed E-state index contributed by atoms with van der Waals surface area (Å²) in [7, 11) is 0. The number of aromatic amines is 1. The largest absolute Gasteiger partial charge is 0.348 e. The van der Waals surface area contributed by atoms with Crippen molar-refractivity contribution in [2.45, 2.75) is 13.8 Å². The second kappa shape index (κ2) is 3.46. The lowest BCUT2D eigenvalue weighted by Crippen LogP contribution is -2.21. The summed E-state index contributed by atoms with van der Waals surface area (Å²) in [5, 5.41) is 2.87. The minimum atomic E-state index is 0.751. The van der Waals surface area contributed by atoms with Crippen molar-refractivity contribution in [2.24, 2.45) is 0 Å². The molecular formula is C8H9BrClN. The first-order chi connectivity index (χ1) is 5.20. The third-order valence-electron chi connectivity index (χ3n) is 1.54. The van der Waals surface area contributed by atoms with E-state index in [2.05, 4.69) is 20.9 Å². The van der Waals surface area contributed by atoms with Crippen molar-refractivity contribution in [2.75, 3.05) is 0 Å². The zero-order valence-corrected chi connectivity index (χ0v) is 8.75. The standard InChI is InChI=1S/C8H9BrClN/c1-3-5-6(4-2)11-8(9)7(5)10/h3-4,11H,1-2H3/b5-3+,6-4+. The van der Waals surface area contributed by atoms with Gasteiger partial charge in [0.25, 0.3) is 0 Å². The molecule has 0 amide bonds. The van der Waals surface area contributed by atoms with Gasteiger partial charge in [-0.25, -0.2) is 0 Å². The monoisotopic (exact) mass is 233 g/mol. The van der Waals surface area contributed by atoms with Gasteiger partial charge in [0.2, 0.25) is 0 Å². The van der Waals surface area contributed by atoms with Gasteiger partial charge in [0.1, 0.15) is 4.60 Å². The van der Waals surface area contributed by atoms with Gasteiger partial charge in [-0.1, -0.05) is 23.8 Å². The molecule has 0 fully saturated rings. The summed E-state index contributed by atoms with van der Waals surface area (Å²) in [5.74, 6) is 0. The Balaban J connectivity index is 3.67. The number of rotatable bonds is 0. The zero-order chi connectivity index (χ0) is 8.43. The molecule has 0 spiro atoms. The zero-order valence-electron chi connectivity index (χ0n) is 6.41. The first-order valence-electron chi connectivity index (χ1n) is 3.36. The number of H-pyrrole nitrogens is 1. The maximum atomic E-state index is 5.96. The van der Waals surface area contributed by atoms with Crippen molar-refractivity contribution in [3.8, 4) is 0 Å². The third-order valence-corrected chi connectivity index (χ3v) is 2.76. The van der Waals surface area contributed by atoms with Crippen molar-refractivity contribution >= 4 is 39.7 Å². The summed E-state index contributed by atoms with van der Waals surface area (Å²) in [6.45, 7) is 3.94. The van der Waals surface area contributed by atoms with E-state index in [1.165, 1.54) is 0 Å². The first kappa shape index (κ1) is 8.88. The highest BCUT2D eigenvalue weighted by atomic mass is 79.9. The number of hydrogen-bond acceptors (Lipinski definition) is 0. The summed E-state index contributed by atoms with van der Waals surface area (Å²) in [6, 6.07) is 0. The average Bonchev–Trinajstić information content (AvgIpc) is 2.28. The predicted octanol–water partition coefficient (Wildman–Crippen LogP) is 2.03. The van der Waals surface area contributed by atoms with E-state index in [1.807, 2.05) is 26.0 Å². The molecule has 0 saturated carbocycles. The molecule has 1 heterocycles. The highest BCUT2D eigenvalue weighted by molar-refractivity contribution is 9.10. The molecule has 1 N–H and O–H groups in total. The van der Waals surface area contributed by atoms with Gasteiger partial charge in [-0.2, -0.15) is 0 Å². The average molecular weight is 235 g/mol. The lowest BCUT2D eigenvalue weighted by atomic mass is 10.4. The van der Waals surface area contributed by atoms with Gasteiger partial charge in [-0.15, -0.1) is 0 Å². The van der Waals surface area contributed by atoms with E-state index in [-0.39, 0.29) is 0 Å². The fourth-order valence-corrected chi connectivity index (χ4v) is 1.67. The molecule has 0 aliphatic rings. The van der Waals surface area contributed by atoms with Gasteiger partial charge in [0.15, 0.2) is 0 Å². The Morgan fingerprint density at radius 2 is 2.00 bits per heavy atom. The topological polar surface area (TPSA) is 15.8 Å². The van der Waals surface area contributed by atoms with Crippen LogP contribution in [-0.4, -0.2) is 4.98 Å². The van der Waals surface area contributed by atoms with Gasteiger partial charge < -0.3 is 4.98 Å². The molecule has 0 bridgehead atoms. The van der Waals surface area contributed by atoms with Crippen molar-refractivity contribution < 1.29 is 0 Å². The molecule has 0 saturated heterocycles. The Morgan fingerprint density at radius 3 is 2.36 bits per heavy atom. The Kier molecular flexibility index (Phi) is 2.79. The summed E-state index contributed by atoms with van der Waals surface area (Å²) < 4.78 is 0.848. The van der Waals surface area contributed by atoms with E-state index < -0.39 is 0 Å². The Bertz CT molecular complexity index is 364. The second-order valence-corrected chi connectivity index (χ2v) is 3.33. The molecule has 0 radical (unpaired) electrons. The van der Waals surface area contributed by atoms with Crippen molar-refractivity contribution in [3.63, 3.8) is 0 Å². The molecule has 0 aromatic carbocycles. The van der Waals surface area contributed by atoms with Crippen LogP contribution in [0.2, 0.25) is 5.02 Å². The minimum absolute atomic E-state index is 0.751. The van der Waals surface area contributed by atoms with Crippen LogP contribution >= 0.6 is 27.5 Å². The SMILES string of the molecule is C/C=c1/[nH]c(Br)c(Cl)/c1=C/C. The smallest absolute Gasteiger partial charge is 0.102 e. The summed E-state index contributed by atoms with van der Waals surface area (Å²) in [4.78, 5) is 3.11.